The molecule has 0 aliphatic rings. The fourth-order valence-corrected chi connectivity index (χ4v) is 2.19. The number of benzene rings is 1. The highest BCUT2D eigenvalue weighted by Crippen LogP contribution is 2.26. The lowest BCUT2D eigenvalue weighted by atomic mass is 9.97. The molecule has 1 amide bonds. The van der Waals surface area contributed by atoms with Crippen molar-refractivity contribution in [1.29, 1.82) is 0 Å². The molecule has 0 atom stereocenters. The van der Waals surface area contributed by atoms with Gasteiger partial charge in [0.25, 0.3) is 5.91 Å². The number of carboxylic acid groups (broad SMARTS) is 1. The Morgan fingerprint density at radius 2 is 2.05 bits per heavy atom. The Morgan fingerprint density at radius 3 is 2.60 bits per heavy atom. The zero-order chi connectivity index (χ0) is 15.5. The minimum Gasteiger partial charge on any atom is -0.481 e. The van der Waals surface area contributed by atoms with E-state index in [-0.39, 0.29) is 27.9 Å². The van der Waals surface area contributed by atoms with E-state index in [1.54, 1.807) is 13.8 Å². The van der Waals surface area contributed by atoms with Crippen LogP contribution < -0.4 is 5.32 Å². The largest absolute Gasteiger partial charge is 0.481 e. The van der Waals surface area contributed by atoms with Crippen LogP contribution in [0.1, 0.15) is 37.0 Å². The number of rotatable bonds is 5. The van der Waals surface area contributed by atoms with Crippen LogP contribution in [0.2, 0.25) is 5.02 Å². The van der Waals surface area contributed by atoms with Crippen LogP contribution in [0.4, 0.5) is 4.39 Å². The van der Waals surface area contributed by atoms with E-state index in [9.17, 15) is 14.0 Å². The van der Waals surface area contributed by atoms with E-state index < -0.39 is 23.2 Å². The summed E-state index contributed by atoms with van der Waals surface area (Å²) in [6.45, 7) is 3.39. The summed E-state index contributed by atoms with van der Waals surface area (Å²) in [6, 6.07) is 2.44. The number of nitrogens with one attached hydrogen (secondary N) is 1. The van der Waals surface area contributed by atoms with E-state index in [1.165, 1.54) is 6.07 Å². The number of carboxylic acids is 1. The number of carbonyl (C=O) groups excluding carboxylic acids is 1. The third-order valence-electron chi connectivity index (χ3n) is 2.65. The van der Waals surface area contributed by atoms with E-state index in [1.807, 2.05) is 0 Å². The Morgan fingerprint density at radius 1 is 1.45 bits per heavy atom. The highest BCUT2D eigenvalue weighted by molar-refractivity contribution is 9.10. The van der Waals surface area contributed by atoms with Gasteiger partial charge in [0.1, 0.15) is 5.82 Å². The number of hydrogen-bond donors (Lipinski definition) is 2. The van der Waals surface area contributed by atoms with Crippen molar-refractivity contribution >= 4 is 39.4 Å². The van der Waals surface area contributed by atoms with Crippen LogP contribution in [0.3, 0.4) is 0 Å². The van der Waals surface area contributed by atoms with Crippen molar-refractivity contribution in [3.63, 3.8) is 0 Å². The van der Waals surface area contributed by atoms with E-state index >= 15 is 0 Å². The molecule has 0 spiro atoms. The van der Waals surface area contributed by atoms with E-state index in [0.29, 0.717) is 0 Å². The predicted octanol–water partition coefficient (Wildman–Crippen LogP) is 3.61. The van der Waals surface area contributed by atoms with Crippen molar-refractivity contribution in [2.75, 3.05) is 0 Å². The van der Waals surface area contributed by atoms with Gasteiger partial charge in [-0.3, -0.25) is 9.59 Å². The van der Waals surface area contributed by atoms with Gasteiger partial charge in [0.15, 0.2) is 0 Å². The molecule has 0 aromatic heterocycles. The molecule has 0 bridgehead atoms. The average Bonchev–Trinajstić information content (AvgIpc) is 2.30. The average molecular weight is 367 g/mol. The lowest BCUT2D eigenvalue weighted by Crippen LogP contribution is -2.43. The summed E-state index contributed by atoms with van der Waals surface area (Å²) >= 11 is 8.72. The fourth-order valence-electron chi connectivity index (χ4n) is 1.58. The Balaban J connectivity index is 2.88. The Hall–Kier alpha value is -1.14. The second-order valence-corrected chi connectivity index (χ2v) is 6.21. The number of halogens is 3. The Kier molecular flexibility index (Phi) is 5.53. The molecule has 1 rings (SSSR count). The Bertz CT molecular complexity index is 549. The first-order valence-corrected chi connectivity index (χ1v) is 6.98. The summed E-state index contributed by atoms with van der Waals surface area (Å²) in [6.07, 6.45) is 0.188. The summed E-state index contributed by atoms with van der Waals surface area (Å²) in [5.41, 5.74) is -0.661. The van der Waals surface area contributed by atoms with E-state index in [4.69, 9.17) is 16.7 Å². The topological polar surface area (TPSA) is 66.4 Å². The van der Waals surface area contributed by atoms with Gasteiger partial charge in [-0.15, -0.1) is 0 Å². The van der Waals surface area contributed by atoms with Crippen LogP contribution in [0.5, 0.6) is 0 Å². The molecule has 0 saturated heterocycles. The molecule has 110 valence electrons. The van der Waals surface area contributed by atoms with Gasteiger partial charge in [0.05, 0.1) is 10.0 Å². The smallest absolute Gasteiger partial charge is 0.303 e. The molecular formula is C13H14BrClFNO3. The second-order valence-electron chi connectivity index (χ2n) is 4.98. The molecular weight excluding hydrogens is 353 g/mol. The van der Waals surface area contributed by atoms with Gasteiger partial charge in [0.2, 0.25) is 0 Å². The second kappa shape index (κ2) is 6.54. The summed E-state index contributed by atoms with van der Waals surface area (Å²) in [7, 11) is 0. The van der Waals surface area contributed by atoms with Crippen LogP contribution in [0.15, 0.2) is 16.6 Å². The molecule has 0 radical (unpaired) electrons. The van der Waals surface area contributed by atoms with E-state index in [0.717, 1.165) is 6.07 Å². The van der Waals surface area contributed by atoms with Crippen molar-refractivity contribution in [1.82, 2.24) is 5.32 Å². The van der Waals surface area contributed by atoms with Crippen molar-refractivity contribution in [3.05, 3.63) is 33.0 Å². The highest BCUT2D eigenvalue weighted by atomic mass is 79.9. The lowest BCUT2D eigenvalue weighted by molar-refractivity contribution is -0.137. The summed E-state index contributed by atoms with van der Waals surface area (Å²) in [4.78, 5) is 22.7. The third kappa shape index (κ3) is 4.76. The maximum absolute atomic E-state index is 13.5. The van der Waals surface area contributed by atoms with Gasteiger partial charge >= 0.3 is 5.97 Å². The van der Waals surface area contributed by atoms with Gasteiger partial charge in [-0.05, 0) is 48.3 Å². The molecule has 1 aromatic carbocycles. The maximum atomic E-state index is 13.5. The summed E-state index contributed by atoms with van der Waals surface area (Å²) < 4.78 is 13.5. The molecule has 0 fully saturated rings. The molecule has 20 heavy (non-hydrogen) atoms. The van der Waals surface area contributed by atoms with Gasteiger partial charge < -0.3 is 10.4 Å². The van der Waals surface area contributed by atoms with Crippen LogP contribution in [0, 0.1) is 5.82 Å². The first kappa shape index (κ1) is 16.9. The van der Waals surface area contributed by atoms with Crippen LogP contribution >= 0.6 is 27.5 Å². The number of amides is 1. The van der Waals surface area contributed by atoms with Crippen LogP contribution in [-0.4, -0.2) is 22.5 Å². The molecule has 0 unspecified atom stereocenters. The normalized spacial score (nSPS) is 11.2. The van der Waals surface area contributed by atoms with Crippen molar-refractivity contribution in [2.24, 2.45) is 0 Å². The van der Waals surface area contributed by atoms with Crippen molar-refractivity contribution in [2.45, 2.75) is 32.2 Å². The molecule has 0 aliphatic heterocycles. The van der Waals surface area contributed by atoms with Gasteiger partial charge in [-0.1, -0.05) is 11.6 Å². The van der Waals surface area contributed by atoms with Crippen LogP contribution in [0.25, 0.3) is 0 Å². The maximum Gasteiger partial charge on any atom is 0.303 e. The number of hydrogen-bond acceptors (Lipinski definition) is 2. The molecule has 1 aromatic rings. The molecule has 2 N–H and O–H groups in total. The predicted molar refractivity (Wildman–Crippen MR) is 77.5 cm³/mol. The monoisotopic (exact) mass is 365 g/mol. The first-order chi connectivity index (χ1) is 9.12. The fraction of sp³-hybridized carbons (Fsp3) is 0.385. The molecule has 4 nitrogen and oxygen atoms in total. The highest BCUT2D eigenvalue weighted by Gasteiger charge is 2.24. The van der Waals surface area contributed by atoms with Gasteiger partial charge in [0, 0.05) is 17.0 Å². The molecule has 7 heteroatoms. The first-order valence-electron chi connectivity index (χ1n) is 5.81. The quantitative estimate of drug-likeness (QED) is 0.782. The number of carbonyl (C=O) groups is 2. The van der Waals surface area contributed by atoms with Gasteiger partial charge in [-0.25, -0.2) is 4.39 Å². The zero-order valence-electron chi connectivity index (χ0n) is 11.0. The van der Waals surface area contributed by atoms with Crippen molar-refractivity contribution in [3.8, 4) is 0 Å². The lowest BCUT2D eigenvalue weighted by Gasteiger charge is -2.26. The van der Waals surface area contributed by atoms with Crippen molar-refractivity contribution < 1.29 is 19.1 Å². The SMILES string of the molecule is CC(C)(CCC(=O)O)NC(=O)c1cc(Cl)cc(F)c1Br. The molecule has 0 saturated carbocycles. The molecule has 0 aliphatic carbocycles. The van der Waals surface area contributed by atoms with Gasteiger partial charge in [-0.2, -0.15) is 0 Å². The zero-order valence-corrected chi connectivity index (χ0v) is 13.3. The minimum atomic E-state index is -0.942. The summed E-state index contributed by atoms with van der Waals surface area (Å²) in [5, 5.41) is 11.4. The standard InChI is InChI=1S/C13H14BrClFNO3/c1-13(2,4-3-10(18)19)17-12(20)8-5-7(15)6-9(16)11(8)14/h5-6H,3-4H2,1-2H3,(H,17,20)(H,18,19). The van der Waals surface area contributed by atoms with E-state index in [2.05, 4.69) is 21.2 Å². The van der Waals surface area contributed by atoms with Crippen LogP contribution in [-0.2, 0) is 4.79 Å². The minimum absolute atomic E-state index is 0.0217. The Labute approximate surface area is 129 Å². The summed E-state index contributed by atoms with van der Waals surface area (Å²) in [5.74, 6) is -2.10. The third-order valence-corrected chi connectivity index (χ3v) is 3.68. The molecule has 0 heterocycles. The number of aliphatic carboxylic acids is 1.